The summed E-state index contributed by atoms with van der Waals surface area (Å²) >= 11 is 0. The summed E-state index contributed by atoms with van der Waals surface area (Å²) < 4.78 is 10.8. The van der Waals surface area contributed by atoms with Crippen molar-refractivity contribution in [1.82, 2.24) is 0 Å². The summed E-state index contributed by atoms with van der Waals surface area (Å²) in [6.07, 6.45) is 12.0. The minimum Gasteiger partial charge on any atom is -0.500 e. The lowest BCUT2D eigenvalue weighted by Gasteiger charge is -2.25. The number of methoxy groups -OCH3 is 2. The van der Waals surface area contributed by atoms with E-state index in [0.29, 0.717) is 30.6 Å². The van der Waals surface area contributed by atoms with Crippen molar-refractivity contribution in [3.05, 3.63) is 69.8 Å². The van der Waals surface area contributed by atoms with Crippen molar-refractivity contribution in [2.24, 2.45) is 5.92 Å². The van der Waals surface area contributed by atoms with Gasteiger partial charge >= 0.3 is 0 Å². The number of allylic oxidation sites excluding steroid dienone is 10. The van der Waals surface area contributed by atoms with Crippen LogP contribution in [-0.4, -0.2) is 33.1 Å². The molecule has 0 saturated carbocycles. The van der Waals surface area contributed by atoms with Crippen LogP contribution in [0.4, 0.5) is 0 Å². The lowest BCUT2D eigenvalue weighted by molar-refractivity contribution is -0.111. The number of rotatable bonds is 13. The number of ether oxygens (including phenoxy) is 2. The van der Waals surface area contributed by atoms with E-state index >= 15 is 0 Å². The van der Waals surface area contributed by atoms with E-state index in [2.05, 4.69) is 25.7 Å². The second kappa shape index (κ2) is 16.7. The maximum Gasteiger partial charge on any atom is 0.153 e. The molecule has 0 saturated heterocycles. The highest BCUT2D eigenvalue weighted by Gasteiger charge is 2.25. The SMILES string of the molecule is C=C(C=O)\C(OC)=C(C)/C=C(CC)/C(=C/CCCC=O)C1=CC(C)=C(OC)[C@@H](C=O)C1.CC. The summed E-state index contributed by atoms with van der Waals surface area (Å²) in [5, 5.41) is 0. The number of hydrogen-bond donors (Lipinski definition) is 0. The van der Waals surface area contributed by atoms with Gasteiger partial charge in [-0.15, -0.1) is 0 Å². The van der Waals surface area contributed by atoms with Gasteiger partial charge in [0, 0.05) is 12.0 Å². The Labute approximate surface area is 199 Å². The van der Waals surface area contributed by atoms with Crippen molar-refractivity contribution in [2.45, 2.75) is 66.7 Å². The normalized spacial score (nSPS) is 17.2. The summed E-state index contributed by atoms with van der Waals surface area (Å²) in [5.74, 6) is 0.811. The Morgan fingerprint density at radius 2 is 1.85 bits per heavy atom. The number of carbonyl (C=O) groups excluding carboxylic acids is 3. The molecule has 0 spiro atoms. The molecule has 182 valence electrons. The van der Waals surface area contributed by atoms with E-state index < -0.39 is 0 Å². The smallest absolute Gasteiger partial charge is 0.153 e. The van der Waals surface area contributed by atoms with Crippen LogP contribution in [0.3, 0.4) is 0 Å². The van der Waals surface area contributed by atoms with Crippen molar-refractivity contribution < 1.29 is 23.9 Å². The van der Waals surface area contributed by atoms with Crippen LogP contribution in [0.25, 0.3) is 0 Å². The van der Waals surface area contributed by atoms with Crippen LogP contribution in [0.2, 0.25) is 0 Å². The first-order valence-corrected chi connectivity index (χ1v) is 11.5. The second-order valence-corrected chi connectivity index (χ2v) is 7.47. The Kier molecular flexibility index (Phi) is 15.2. The Bertz CT molecular complexity index is 850. The van der Waals surface area contributed by atoms with Gasteiger partial charge in [-0.3, -0.25) is 4.79 Å². The van der Waals surface area contributed by atoms with Crippen molar-refractivity contribution in [3.8, 4) is 0 Å². The van der Waals surface area contributed by atoms with E-state index in [-0.39, 0.29) is 11.5 Å². The third kappa shape index (κ3) is 8.83. The Balaban J connectivity index is 0.00000497. The van der Waals surface area contributed by atoms with Crippen molar-refractivity contribution >= 4 is 18.9 Å². The molecule has 0 aromatic carbocycles. The van der Waals surface area contributed by atoms with E-state index in [1.165, 1.54) is 7.11 Å². The highest BCUT2D eigenvalue weighted by molar-refractivity contribution is 5.78. The van der Waals surface area contributed by atoms with Crippen molar-refractivity contribution in [3.63, 3.8) is 0 Å². The molecule has 1 aliphatic carbocycles. The topological polar surface area (TPSA) is 69.7 Å². The van der Waals surface area contributed by atoms with Crippen LogP contribution in [0.5, 0.6) is 0 Å². The lowest BCUT2D eigenvalue weighted by atomic mass is 9.82. The van der Waals surface area contributed by atoms with Gasteiger partial charge in [-0.2, -0.15) is 0 Å². The fourth-order valence-corrected chi connectivity index (χ4v) is 3.84. The molecule has 0 aliphatic heterocycles. The van der Waals surface area contributed by atoms with Gasteiger partial charge in [-0.1, -0.05) is 45.6 Å². The van der Waals surface area contributed by atoms with Gasteiger partial charge in [0.15, 0.2) is 6.29 Å². The van der Waals surface area contributed by atoms with Gasteiger partial charge in [0.2, 0.25) is 0 Å². The summed E-state index contributed by atoms with van der Waals surface area (Å²) in [5.41, 5.74) is 5.15. The average Bonchev–Trinajstić information content (AvgIpc) is 2.83. The quantitative estimate of drug-likeness (QED) is 0.106. The standard InChI is InChI=1S/C26H34O5.C2H6/c1-7-21(13-18(2)25(30-5)20(4)16-28)24(11-9-8-10-12-27)22-14-19(3)26(31-6)23(15-22)17-29;1-2/h11-14,16-17,23H,4,7-10,15H2,1-3,5-6H3;1-2H3/b21-13+,24-11-,25-18+;/t23-;/m1./s1. The first-order valence-electron chi connectivity index (χ1n) is 11.5. The van der Waals surface area contributed by atoms with E-state index in [4.69, 9.17) is 9.47 Å². The van der Waals surface area contributed by atoms with Crippen LogP contribution >= 0.6 is 0 Å². The molecule has 5 heteroatoms. The Morgan fingerprint density at radius 3 is 2.33 bits per heavy atom. The monoisotopic (exact) mass is 456 g/mol. The number of carbonyl (C=O) groups is 3. The van der Waals surface area contributed by atoms with Crippen LogP contribution in [0.1, 0.15) is 66.7 Å². The third-order valence-corrected chi connectivity index (χ3v) is 5.27. The van der Waals surface area contributed by atoms with Crippen molar-refractivity contribution in [1.29, 1.82) is 0 Å². The van der Waals surface area contributed by atoms with Crippen LogP contribution in [0, 0.1) is 5.92 Å². The zero-order valence-electron chi connectivity index (χ0n) is 21.3. The molecule has 0 amide bonds. The minimum atomic E-state index is -0.331. The van der Waals surface area contributed by atoms with Gasteiger partial charge < -0.3 is 19.1 Å². The Morgan fingerprint density at radius 1 is 1.18 bits per heavy atom. The lowest BCUT2D eigenvalue weighted by Crippen LogP contribution is -2.16. The zero-order chi connectivity index (χ0) is 25.4. The first-order chi connectivity index (χ1) is 15.9. The molecule has 1 rings (SSSR count). The molecular weight excluding hydrogens is 416 g/mol. The van der Waals surface area contributed by atoms with Gasteiger partial charge in [0.1, 0.15) is 24.1 Å². The predicted molar refractivity (Wildman–Crippen MR) is 135 cm³/mol. The molecule has 0 unspecified atom stereocenters. The van der Waals surface area contributed by atoms with Gasteiger partial charge in [0.25, 0.3) is 0 Å². The number of aldehydes is 3. The molecule has 0 aromatic rings. The fraction of sp³-hybridized carbons (Fsp3) is 0.464. The molecule has 5 nitrogen and oxygen atoms in total. The molecule has 0 heterocycles. The zero-order valence-corrected chi connectivity index (χ0v) is 21.3. The van der Waals surface area contributed by atoms with E-state index in [0.717, 1.165) is 59.7 Å². The van der Waals surface area contributed by atoms with E-state index in [9.17, 15) is 14.4 Å². The van der Waals surface area contributed by atoms with Crippen LogP contribution < -0.4 is 0 Å². The molecule has 0 bridgehead atoms. The number of unbranched alkanes of at least 4 members (excludes halogenated alkanes) is 2. The molecule has 1 atom stereocenters. The average molecular weight is 457 g/mol. The van der Waals surface area contributed by atoms with Crippen molar-refractivity contribution in [2.75, 3.05) is 14.2 Å². The Hall–Kier alpha value is -2.95. The molecule has 0 fully saturated rings. The first kappa shape index (κ1) is 30.0. The molecule has 0 aromatic heterocycles. The summed E-state index contributed by atoms with van der Waals surface area (Å²) in [7, 11) is 3.10. The molecular formula is C28H40O5. The van der Waals surface area contributed by atoms with Crippen LogP contribution in [-0.2, 0) is 23.9 Å². The molecule has 0 radical (unpaired) electrons. The molecule has 1 aliphatic rings. The largest absolute Gasteiger partial charge is 0.500 e. The van der Waals surface area contributed by atoms with Gasteiger partial charge in [0.05, 0.1) is 20.1 Å². The second-order valence-electron chi connectivity index (χ2n) is 7.47. The highest BCUT2D eigenvalue weighted by atomic mass is 16.5. The van der Waals surface area contributed by atoms with E-state index in [1.54, 1.807) is 7.11 Å². The fourth-order valence-electron chi connectivity index (χ4n) is 3.84. The predicted octanol–water partition coefficient (Wildman–Crippen LogP) is 6.39. The third-order valence-electron chi connectivity index (χ3n) is 5.27. The van der Waals surface area contributed by atoms with Gasteiger partial charge in [-0.25, -0.2) is 0 Å². The number of hydrogen-bond acceptors (Lipinski definition) is 5. The maximum absolute atomic E-state index is 11.7. The summed E-state index contributed by atoms with van der Waals surface area (Å²) in [4.78, 5) is 33.6. The van der Waals surface area contributed by atoms with E-state index in [1.807, 2.05) is 33.8 Å². The van der Waals surface area contributed by atoms with Gasteiger partial charge in [-0.05, 0) is 67.4 Å². The summed E-state index contributed by atoms with van der Waals surface area (Å²) in [6.45, 7) is 13.6. The highest BCUT2D eigenvalue weighted by Crippen LogP contribution is 2.36. The summed E-state index contributed by atoms with van der Waals surface area (Å²) in [6, 6.07) is 0. The minimum absolute atomic E-state index is 0.282. The molecule has 33 heavy (non-hydrogen) atoms. The molecule has 0 N–H and O–H groups in total. The van der Waals surface area contributed by atoms with Crippen LogP contribution in [0.15, 0.2) is 69.8 Å². The maximum atomic E-state index is 11.7.